The molecule has 1 aliphatic heterocycles. The number of amides is 1. The number of rotatable bonds is 4. The number of hydrogen-bond acceptors (Lipinski definition) is 6. The van der Waals surface area contributed by atoms with Gasteiger partial charge >= 0.3 is 5.97 Å². The van der Waals surface area contributed by atoms with Gasteiger partial charge in [-0.15, -0.1) is 11.3 Å². The highest BCUT2D eigenvalue weighted by atomic mass is 32.2. The fourth-order valence-corrected chi connectivity index (χ4v) is 5.29. The molecule has 0 saturated carbocycles. The van der Waals surface area contributed by atoms with Crippen molar-refractivity contribution in [3.8, 4) is 5.75 Å². The third-order valence-corrected chi connectivity index (χ3v) is 7.26. The summed E-state index contributed by atoms with van der Waals surface area (Å²) < 4.78 is 31.9. The molecule has 0 unspecified atom stereocenters. The zero-order valence-corrected chi connectivity index (χ0v) is 15.8. The van der Waals surface area contributed by atoms with Crippen LogP contribution in [0.3, 0.4) is 0 Å². The molecule has 3 rings (SSSR count). The Morgan fingerprint density at radius 2 is 1.73 bits per heavy atom. The van der Waals surface area contributed by atoms with E-state index in [-0.39, 0.29) is 43.4 Å². The number of carbonyl (C=O) groups is 2. The van der Waals surface area contributed by atoms with Gasteiger partial charge in [-0.1, -0.05) is 18.2 Å². The number of piperazine rings is 1. The van der Waals surface area contributed by atoms with Gasteiger partial charge in [0.1, 0.15) is 9.96 Å². The first kappa shape index (κ1) is 18.6. The summed E-state index contributed by atoms with van der Waals surface area (Å²) in [6.07, 6.45) is 0. The molecule has 0 N–H and O–H groups in total. The van der Waals surface area contributed by atoms with Crippen molar-refractivity contribution in [2.45, 2.75) is 11.1 Å². The summed E-state index contributed by atoms with van der Waals surface area (Å²) in [6, 6.07) is 9.80. The molecule has 2 heterocycles. The number of carbonyl (C=O) groups excluding carboxylic acids is 2. The first-order chi connectivity index (χ1) is 12.4. The van der Waals surface area contributed by atoms with E-state index in [4.69, 9.17) is 4.74 Å². The number of ether oxygens (including phenoxy) is 1. The van der Waals surface area contributed by atoms with Crippen LogP contribution in [0.15, 0.2) is 46.0 Å². The maximum absolute atomic E-state index is 12.8. The van der Waals surface area contributed by atoms with E-state index >= 15 is 0 Å². The summed E-state index contributed by atoms with van der Waals surface area (Å²) >= 11 is 1.18. The molecule has 1 fully saturated rings. The average molecular weight is 394 g/mol. The molecule has 0 radical (unpaired) electrons. The van der Waals surface area contributed by atoms with Gasteiger partial charge < -0.3 is 9.64 Å². The summed E-state index contributed by atoms with van der Waals surface area (Å²) in [7, 11) is -3.51. The van der Waals surface area contributed by atoms with Crippen LogP contribution >= 0.6 is 11.3 Å². The third kappa shape index (κ3) is 3.79. The van der Waals surface area contributed by atoms with Crippen LogP contribution in [0.2, 0.25) is 0 Å². The Bertz CT molecular complexity index is 901. The lowest BCUT2D eigenvalue weighted by molar-refractivity contribution is -0.131. The minimum Gasteiger partial charge on any atom is -0.426 e. The van der Waals surface area contributed by atoms with Crippen LogP contribution in [0.5, 0.6) is 5.75 Å². The maximum Gasteiger partial charge on any atom is 0.308 e. The number of benzene rings is 1. The van der Waals surface area contributed by atoms with E-state index in [1.165, 1.54) is 22.6 Å². The smallest absolute Gasteiger partial charge is 0.308 e. The van der Waals surface area contributed by atoms with Gasteiger partial charge in [-0.2, -0.15) is 4.31 Å². The Morgan fingerprint density at radius 3 is 2.35 bits per heavy atom. The van der Waals surface area contributed by atoms with Gasteiger partial charge in [0.05, 0.1) is 5.56 Å². The molecule has 1 aliphatic rings. The molecule has 0 spiro atoms. The van der Waals surface area contributed by atoms with Gasteiger partial charge in [-0.3, -0.25) is 9.59 Å². The van der Waals surface area contributed by atoms with Crippen LogP contribution in [0.4, 0.5) is 0 Å². The standard InChI is InChI=1S/C17H18N2O5S2/c1-13(20)24-15-6-3-2-5-14(15)17(21)18-8-10-19(11-9-18)26(22,23)16-7-4-12-25-16/h2-7,12H,8-11H2,1H3. The van der Waals surface area contributed by atoms with Crippen molar-refractivity contribution in [2.24, 2.45) is 0 Å². The lowest BCUT2D eigenvalue weighted by Crippen LogP contribution is -2.50. The summed E-state index contributed by atoms with van der Waals surface area (Å²) in [4.78, 5) is 25.5. The summed E-state index contributed by atoms with van der Waals surface area (Å²) in [5, 5.41) is 1.72. The molecule has 1 saturated heterocycles. The topological polar surface area (TPSA) is 84.0 Å². The van der Waals surface area contributed by atoms with E-state index in [9.17, 15) is 18.0 Å². The van der Waals surface area contributed by atoms with Gasteiger partial charge in [0.15, 0.2) is 0 Å². The second-order valence-corrected chi connectivity index (χ2v) is 8.83. The fourth-order valence-electron chi connectivity index (χ4n) is 2.73. The van der Waals surface area contributed by atoms with E-state index in [1.54, 1.807) is 46.7 Å². The number of sulfonamides is 1. The van der Waals surface area contributed by atoms with Crippen molar-refractivity contribution in [3.05, 3.63) is 47.3 Å². The van der Waals surface area contributed by atoms with Crippen LogP contribution in [0, 0.1) is 0 Å². The minimum absolute atomic E-state index is 0.207. The Balaban J connectivity index is 1.71. The Labute approximate surface area is 155 Å². The minimum atomic E-state index is -3.51. The summed E-state index contributed by atoms with van der Waals surface area (Å²) in [5.74, 6) is -0.578. The molecular formula is C17H18N2O5S2. The molecule has 9 heteroatoms. The second kappa shape index (κ2) is 7.56. The maximum atomic E-state index is 12.8. The molecule has 1 aromatic heterocycles. The number of hydrogen-bond donors (Lipinski definition) is 0. The number of thiophene rings is 1. The largest absolute Gasteiger partial charge is 0.426 e. The molecule has 0 bridgehead atoms. The normalized spacial score (nSPS) is 15.7. The molecule has 2 aromatic rings. The Kier molecular flexibility index (Phi) is 5.40. The highest BCUT2D eigenvalue weighted by Gasteiger charge is 2.31. The lowest BCUT2D eigenvalue weighted by Gasteiger charge is -2.33. The predicted octanol–water partition coefficient (Wildman–Crippen LogP) is 1.82. The molecule has 1 aromatic carbocycles. The Morgan fingerprint density at radius 1 is 1.04 bits per heavy atom. The van der Waals surface area contributed by atoms with E-state index in [0.29, 0.717) is 4.21 Å². The zero-order chi connectivity index (χ0) is 18.7. The molecule has 26 heavy (non-hydrogen) atoms. The number of nitrogens with zero attached hydrogens (tertiary/aromatic N) is 2. The zero-order valence-electron chi connectivity index (χ0n) is 14.1. The van der Waals surface area contributed by atoms with Crippen molar-refractivity contribution in [1.29, 1.82) is 0 Å². The quantitative estimate of drug-likeness (QED) is 0.583. The van der Waals surface area contributed by atoms with Crippen molar-refractivity contribution >= 4 is 33.2 Å². The molecule has 0 atom stereocenters. The first-order valence-corrected chi connectivity index (χ1v) is 10.3. The highest BCUT2D eigenvalue weighted by Crippen LogP contribution is 2.24. The average Bonchev–Trinajstić information content (AvgIpc) is 3.17. The molecule has 7 nitrogen and oxygen atoms in total. The monoisotopic (exact) mass is 394 g/mol. The van der Waals surface area contributed by atoms with E-state index in [1.807, 2.05) is 0 Å². The van der Waals surface area contributed by atoms with Gasteiger partial charge in [-0.25, -0.2) is 8.42 Å². The van der Waals surface area contributed by atoms with E-state index in [2.05, 4.69) is 0 Å². The van der Waals surface area contributed by atoms with Gasteiger partial charge in [0.25, 0.3) is 15.9 Å². The van der Waals surface area contributed by atoms with Crippen LogP contribution in [-0.4, -0.2) is 55.7 Å². The van der Waals surface area contributed by atoms with Crippen molar-refractivity contribution in [2.75, 3.05) is 26.2 Å². The van der Waals surface area contributed by atoms with E-state index < -0.39 is 16.0 Å². The number of para-hydroxylation sites is 1. The fraction of sp³-hybridized carbons (Fsp3) is 0.294. The molecule has 1 amide bonds. The number of esters is 1. The SMILES string of the molecule is CC(=O)Oc1ccccc1C(=O)N1CCN(S(=O)(=O)c2cccs2)CC1. The van der Waals surface area contributed by atoms with Crippen molar-refractivity contribution < 1.29 is 22.7 Å². The highest BCUT2D eigenvalue weighted by molar-refractivity contribution is 7.91. The van der Waals surface area contributed by atoms with Crippen molar-refractivity contribution in [3.63, 3.8) is 0 Å². The molecular weight excluding hydrogens is 376 g/mol. The van der Waals surface area contributed by atoms with Gasteiger partial charge in [-0.05, 0) is 23.6 Å². The predicted molar refractivity (Wildman–Crippen MR) is 96.7 cm³/mol. The molecule has 0 aliphatic carbocycles. The van der Waals surface area contributed by atoms with Gasteiger partial charge in [0, 0.05) is 33.1 Å². The lowest BCUT2D eigenvalue weighted by atomic mass is 10.1. The first-order valence-electron chi connectivity index (χ1n) is 8.00. The van der Waals surface area contributed by atoms with Crippen LogP contribution in [-0.2, 0) is 14.8 Å². The van der Waals surface area contributed by atoms with Gasteiger partial charge in [0.2, 0.25) is 0 Å². The van der Waals surface area contributed by atoms with E-state index in [0.717, 1.165) is 0 Å². The Hall–Kier alpha value is -2.23. The summed E-state index contributed by atoms with van der Waals surface area (Å²) in [5.41, 5.74) is 0.289. The second-order valence-electron chi connectivity index (χ2n) is 5.72. The summed E-state index contributed by atoms with van der Waals surface area (Å²) in [6.45, 7) is 2.27. The molecule has 138 valence electrons. The van der Waals surface area contributed by atoms with Crippen LogP contribution < -0.4 is 4.74 Å². The van der Waals surface area contributed by atoms with Crippen LogP contribution in [0.25, 0.3) is 0 Å². The third-order valence-electron chi connectivity index (χ3n) is 3.99. The van der Waals surface area contributed by atoms with Crippen LogP contribution in [0.1, 0.15) is 17.3 Å². The van der Waals surface area contributed by atoms with Crippen molar-refractivity contribution in [1.82, 2.24) is 9.21 Å².